The van der Waals surface area contributed by atoms with E-state index in [1.54, 1.807) is 0 Å². The number of hydrogen-bond donors (Lipinski definition) is 0. The van der Waals surface area contributed by atoms with E-state index in [4.69, 9.17) is 14.4 Å². The smallest absolute Gasteiger partial charge is 0.160 e. The maximum absolute atomic E-state index is 6.40. The number of benzene rings is 9. The molecule has 9 aromatic carbocycles. The lowest BCUT2D eigenvalue weighted by Gasteiger charge is -2.35. The van der Waals surface area contributed by atoms with Gasteiger partial charge in [0, 0.05) is 27.5 Å². The normalized spacial score (nSPS) is 13.0. The number of aromatic nitrogens is 2. The van der Waals surface area contributed by atoms with Gasteiger partial charge < -0.3 is 4.42 Å². The fraction of sp³-hybridized carbons (Fsp3) is 0.0169. The van der Waals surface area contributed by atoms with E-state index >= 15 is 0 Å². The van der Waals surface area contributed by atoms with Gasteiger partial charge in [-0.1, -0.05) is 188 Å². The quantitative estimate of drug-likeness (QED) is 0.178. The van der Waals surface area contributed by atoms with Crippen LogP contribution in [-0.4, -0.2) is 9.97 Å². The fourth-order valence-electron chi connectivity index (χ4n) is 10.5. The third-order valence-electron chi connectivity index (χ3n) is 13.1. The van der Waals surface area contributed by atoms with Crippen molar-refractivity contribution >= 4 is 21.9 Å². The molecule has 1 spiro atoms. The molecule has 288 valence electrons. The molecule has 11 aromatic rings. The Morgan fingerprint density at radius 1 is 0.306 bits per heavy atom. The summed E-state index contributed by atoms with van der Waals surface area (Å²) in [4.78, 5) is 11.0. The summed E-state index contributed by atoms with van der Waals surface area (Å²) in [6.45, 7) is 0. The van der Waals surface area contributed by atoms with Crippen LogP contribution in [-0.2, 0) is 5.41 Å². The topological polar surface area (TPSA) is 38.9 Å². The molecule has 0 atom stereocenters. The third kappa shape index (κ3) is 5.00. The molecule has 0 saturated carbocycles. The second-order valence-electron chi connectivity index (χ2n) is 16.4. The molecule has 2 aliphatic rings. The van der Waals surface area contributed by atoms with Crippen LogP contribution in [0.3, 0.4) is 0 Å². The van der Waals surface area contributed by atoms with Crippen LogP contribution < -0.4 is 0 Å². The zero-order valence-electron chi connectivity index (χ0n) is 33.6. The first-order valence-electron chi connectivity index (χ1n) is 21.2. The summed E-state index contributed by atoms with van der Waals surface area (Å²) in [6.07, 6.45) is 0. The zero-order valence-corrected chi connectivity index (χ0v) is 33.6. The van der Waals surface area contributed by atoms with Gasteiger partial charge in [0.15, 0.2) is 5.82 Å². The van der Waals surface area contributed by atoms with E-state index in [9.17, 15) is 0 Å². The Bertz CT molecular complexity index is 3550. The number of fused-ring (bicyclic) bond motifs is 15. The minimum atomic E-state index is -0.555. The van der Waals surface area contributed by atoms with Crippen LogP contribution in [0, 0.1) is 0 Å². The number of hydrogen-bond acceptors (Lipinski definition) is 3. The average Bonchev–Trinajstić information content (AvgIpc) is 3.85. The van der Waals surface area contributed by atoms with Gasteiger partial charge in [0.1, 0.15) is 11.2 Å². The lowest BCUT2D eigenvalue weighted by Crippen LogP contribution is -2.29. The minimum absolute atomic E-state index is 0.555. The standard InChI is InChI=1S/C59H36N2O/c1-2-16-37(17-3-1)38-18-14-19-39(34-38)53-36-54(46-26-15-31-56-57(46)47-25-9-13-30-55(47)62-56)61-58(60-53)40-32-33-52-48(35-40)42-21-5-4-20-41(42)43-22-6-10-27-49(43)59(52)50-28-11-7-23-44(50)45-24-8-12-29-51(45)59/h1-36H. The van der Waals surface area contributed by atoms with E-state index in [2.05, 4.69) is 200 Å². The molecule has 2 aliphatic carbocycles. The summed E-state index contributed by atoms with van der Waals surface area (Å²) in [5, 5.41) is 2.11. The van der Waals surface area contributed by atoms with Gasteiger partial charge in [0.05, 0.1) is 16.8 Å². The summed E-state index contributed by atoms with van der Waals surface area (Å²) in [6, 6.07) is 78.7. The van der Waals surface area contributed by atoms with Crippen molar-refractivity contribution in [3.63, 3.8) is 0 Å². The van der Waals surface area contributed by atoms with Crippen LogP contribution in [0.5, 0.6) is 0 Å². The van der Waals surface area contributed by atoms with Crippen molar-refractivity contribution in [3.05, 3.63) is 241 Å². The number of para-hydroxylation sites is 1. The Labute approximate surface area is 359 Å². The molecule has 3 heteroatoms. The Hall–Kier alpha value is -8.14. The van der Waals surface area contributed by atoms with Crippen LogP contribution in [0.25, 0.3) is 100 Å². The SMILES string of the molecule is c1ccc(-c2cccc(-c3cc(-c4cccc5oc6ccccc6c45)nc(-c4ccc5c(c4)-c4ccccc4-c4ccccc4C54c5ccccc5-c5ccccc54)n3)c2)cc1. The van der Waals surface area contributed by atoms with Gasteiger partial charge in [-0.05, 0) is 97.1 Å². The largest absolute Gasteiger partial charge is 0.456 e. The van der Waals surface area contributed by atoms with Gasteiger partial charge in [-0.15, -0.1) is 0 Å². The van der Waals surface area contributed by atoms with E-state index in [0.29, 0.717) is 5.82 Å². The van der Waals surface area contributed by atoms with E-state index in [1.165, 1.54) is 55.6 Å². The highest BCUT2D eigenvalue weighted by Crippen LogP contribution is 2.61. The Kier molecular flexibility index (Phi) is 7.52. The molecule has 0 aliphatic heterocycles. The molecule has 0 N–H and O–H groups in total. The summed E-state index contributed by atoms with van der Waals surface area (Å²) in [7, 11) is 0. The molecule has 0 fully saturated rings. The third-order valence-corrected chi connectivity index (χ3v) is 13.1. The maximum Gasteiger partial charge on any atom is 0.160 e. The minimum Gasteiger partial charge on any atom is -0.456 e. The van der Waals surface area contributed by atoms with Crippen LogP contribution >= 0.6 is 0 Å². The van der Waals surface area contributed by atoms with Crippen molar-refractivity contribution in [3.8, 4) is 78.4 Å². The second-order valence-corrected chi connectivity index (χ2v) is 16.4. The molecule has 62 heavy (non-hydrogen) atoms. The van der Waals surface area contributed by atoms with Crippen molar-refractivity contribution in [2.75, 3.05) is 0 Å². The predicted octanol–water partition coefficient (Wildman–Crippen LogP) is 15.1. The highest BCUT2D eigenvalue weighted by Gasteiger charge is 2.49. The van der Waals surface area contributed by atoms with Gasteiger partial charge in [-0.25, -0.2) is 9.97 Å². The molecule has 0 saturated heterocycles. The lowest BCUT2D eigenvalue weighted by atomic mass is 9.66. The van der Waals surface area contributed by atoms with Crippen LogP contribution in [0.1, 0.15) is 22.3 Å². The van der Waals surface area contributed by atoms with Crippen LogP contribution in [0.15, 0.2) is 223 Å². The van der Waals surface area contributed by atoms with Crippen molar-refractivity contribution < 1.29 is 4.42 Å². The summed E-state index contributed by atoms with van der Waals surface area (Å²) >= 11 is 0. The van der Waals surface area contributed by atoms with E-state index < -0.39 is 5.41 Å². The van der Waals surface area contributed by atoms with E-state index in [-0.39, 0.29) is 0 Å². The Balaban J connectivity index is 1.09. The highest BCUT2D eigenvalue weighted by atomic mass is 16.3. The van der Waals surface area contributed by atoms with Crippen molar-refractivity contribution in [2.45, 2.75) is 5.41 Å². The van der Waals surface area contributed by atoms with Crippen molar-refractivity contribution in [1.29, 1.82) is 0 Å². The first-order valence-corrected chi connectivity index (χ1v) is 21.2. The van der Waals surface area contributed by atoms with Gasteiger partial charge in [0.25, 0.3) is 0 Å². The van der Waals surface area contributed by atoms with E-state index in [0.717, 1.165) is 61.1 Å². The summed E-state index contributed by atoms with van der Waals surface area (Å²) in [5.41, 5.74) is 20.6. The Morgan fingerprint density at radius 2 is 0.823 bits per heavy atom. The monoisotopic (exact) mass is 788 g/mol. The van der Waals surface area contributed by atoms with Gasteiger partial charge >= 0.3 is 0 Å². The predicted molar refractivity (Wildman–Crippen MR) is 253 cm³/mol. The zero-order chi connectivity index (χ0) is 40.8. The summed E-state index contributed by atoms with van der Waals surface area (Å²) < 4.78 is 6.40. The molecule has 13 rings (SSSR count). The maximum atomic E-state index is 6.40. The molecular weight excluding hydrogens is 753 g/mol. The number of nitrogens with zero attached hydrogens (tertiary/aromatic N) is 2. The van der Waals surface area contributed by atoms with Gasteiger partial charge in [0.2, 0.25) is 0 Å². The molecule has 3 nitrogen and oxygen atoms in total. The van der Waals surface area contributed by atoms with Crippen LogP contribution in [0.2, 0.25) is 0 Å². The average molecular weight is 789 g/mol. The van der Waals surface area contributed by atoms with Crippen molar-refractivity contribution in [1.82, 2.24) is 9.97 Å². The Morgan fingerprint density at radius 3 is 1.56 bits per heavy atom. The van der Waals surface area contributed by atoms with E-state index in [1.807, 2.05) is 18.2 Å². The number of furan rings is 1. The molecule has 2 heterocycles. The fourth-order valence-corrected chi connectivity index (χ4v) is 10.5. The van der Waals surface area contributed by atoms with Gasteiger partial charge in [-0.3, -0.25) is 0 Å². The molecule has 2 aromatic heterocycles. The second kappa shape index (κ2) is 13.4. The molecule has 0 radical (unpaired) electrons. The molecule has 0 bridgehead atoms. The first-order chi connectivity index (χ1) is 30.7. The highest BCUT2D eigenvalue weighted by molar-refractivity contribution is 6.12. The lowest BCUT2D eigenvalue weighted by molar-refractivity contribution is 0.669. The van der Waals surface area contributed by atoms with Crippen molar-refractivity contribution in [2.24, 2.45) is 0 Å². The molecule has 0 unspecified atom stereocenters. The number of rotatable bonds is 4. The molecular formula is C59H36N2O. The summed E-state index contributed by atoms with van der Waals surface area (Å²) in [5.74, 6) is 0.663. The van der Waals surface area contributed by atoms with Gasteiger partial charge in [-0.2, -0.15) is 0 Å². The first kappa shape index (κ1) is 34.7. The molecule has 0 amide bonds. The van der Waals surface area contributed by atoms with Crippen LogP contribution in [0.4, 0.5) is 0 Å².